The Kier molecular flexibility index (Phi) is 4.10. The quantitative estimate of drug-likeness (QED) is 0.937. The maximum atomic E-state index is 5.39. The number of hydrogen-bond acceptors (Lipinski definition) is 4. The number of hydrogen-bond donors (Lipinski definition) is 1. The van der Waals surface area contributed by atoms with Crippen molar-refractivity contribution < 1.29 is 4.74 Å². The highest BCUT2D eigenvalue weighted by Gasteiger charge is 2.12. The second kappa shape index (κ2) is 6.18. The molecular weight excluding hydrogens is 264 g/mol. The molecule has 2 heterocycles. The molecule has 2 aromatic rings. The second-order valence-corrected chi connectivity index (χ2v) is 5.41. The van der Waals surface area contributed by atoms with Crippen LogP contribution in [0, 0.1) is 0 Å². The van der Waals surface area contributed by atoms with Gasteiger partial charge in [0, 0.05) is 43.9 Å². The summed E-state index contributed by atoms with van der Waals surface area (Å²) in [6, 6.07) is 8.77. The van der Waals surface area contributed by atoms with Crippen LogP contribution in [0.25, 0.3) is 0 Å². The molecule has 1 N–H and O–H groups in total. The van der Waals surface area contributed by atoms with Crippen LogP contribution >= 0.6 is 0 Å². The van der Waals surface area contributed by atoms with Gasteiger partial charge in [0.15, 0.2) is 0 Å². The van der Waals surface area contributed by atoms with Gasteiger partial charge in [0.25, 0.3) is 0 Å². The van der Waals surface area contributed by atoms with Gasteiger partial charge in [0.1, 0.15) is 5.82 Å². The van der Waals surface area contributed by atoms with Crippen molar-refractivity contribution in [2.45, 2.75) is 13.0 Å². The molecule has 1 fully saturated rings. The zero-order valence-corrected chi connectivity index (χ0v) is 12.6. The minimum absolute atomic E-state index is 0.180. The van der Waals surface area contributed by atoms with Crippen LogP contribution in [0.1, 0.15) is 18.8 Å². The SMILES string of the molecule is CC(Nc1ccc(N2CCOCC2)cc1)c1nccn1C. The number of nitrogens with one attached hydrogen (secondary N) is 1. The molecule has 1 unspecified atom stereocenters. The topological polar surface area (TPSA) is 42.3 Å². The van der Waals surface area contributed by atoms with Crippen molar-refractivity contribution in [3.8, 4) is 0 Å². The van der Waals surface area contributed by atoms with Crippen LogP contribution in [-0.2, 0) is 11.8 Å². The van der Waals surface area contributed by atoms with E-state index in [1.54, 1.807) is 0 Å². The van der Waals surface area contributed by atoms with Gasteiger partial charge in [-0.25, -0.2) is 4.98 Å². The lowest BCUT2D eigenvalue weighted by atomic mass is 10.2. The third kappa shape index (κ3) is 3.19. The molecule has 1 saturated heterocycles. The fraction of sp³-hybridized carbons (Fsp3) is 0.438. The highest BCUT2D eigenvalue weighted by Crippen LogP contribution is 2.22. The molecule has 1 aromatic carbocycles. The van der Waals surface area contributed by atoms with Crippen molar-refractivity contribution >= 4 is 11.4 Å². The van der Waals surface area contributed by atoms with E-state index in [1.807, 2.05) is 24.0 Å². The molecule has 0 spiro atoms. The molecule has 3 rings (SSSR count). The van der Waals surface area contributed by atoms with Gasteiger partial charge in [0.05, 0.1) is 19.3 Å². The van der Waals surface area contributed by atoms with E-state index in [0.29, 0.717) is 0 Å². The fourth-order valence-corrected chi connectivity index (χ4v) is 2.70. The third-order valence-corrected chi connectivity index (χ3v) is 3.87. The highest BCUT2D eigenvalue weighted by molar-refractivity contribution is 5.55. The van der Waals surface area contributed by atoms with Crippen molar-refractivity contribution in [3.05, 3.63) is 42.5 Å². The minimum Gasteiger partial charge on any atom is -0.378 e. The van der Waals surface area contributed by atoms with Crippen LogP contribution in [0.5, 0.6) is 0 Å². The molecular formula is C16H22N4O. The Bertz CT molecular complexity index is 572. The van der Waals surface area contributed by atoms with Crippen molar-refractivity contribution in [2.75, 3.05) is 36.5 Å². The first kappa shape index (κ1) is 13.9. The van der Waals surface area contributed by atoms with Gasteiger partial charge >= 0.3 is 0 Å². The minimum atomic E-state index is 0.180. The molecule has 1 aliphatic heterocycles. The van der Waals surface area contributed by atoms with Crippen LogP contribution in [0.15, 0.2) is 36.7 Å². The lowest BCUT2D eigenvalue weighted by Crippen LogP contribution is -2.36. The van der Waals surface area contributed by atoms with E-state index < -0.39 is 0 Å². The molecule has 1 aromatic heterocycles. The highest BCUT2D eigenvalue weighted by atomic mass is 16.5. The van der Waals surface area contributed by atoms with E-state index in [4.69, 9.17) is 4.74 Å². The Morgan fingerprint density at radius 2 is 1.90 bits per heavy atom. The Balaban J connectivity index is 1.65. The van der Waals surface area contributed by atoms with Gasteiger partial charge in [0.2, 0.25) is 0 Å². The Morgan fingerprint density at radius 3 is 2.52 bits per heavy atom. The first-order chi connectivity index (χ1) is 10.2. The summed E-state index contributed by atoms with van der Waals surface area (Å²) in [4.78, 5) is 6.74. The first-order valence-corrected chi connectivity index (χ1v) is 7.40. The van der Waals surface area contributed by atoms with Crippen LogP contribution in [0.2, 0.25) is 0 Å². The van der Waals surface area contributed by atoms with Gasteiger partial charge in [-0.15, -0.1) is 0 Å². The van der Waals surface area contributed by atoms with E-state index in [1.165, 1.54) is 5.69 Å². The number of nitrogens with zero attached hydrogens (tertiary/aromatic N) is 3. The lowest BCUT2D eigenvalue weighted by molar-refractivity contribution is 0.122. The van der Waals surface area contributed by atoms with Gasteiger partial charge < -0.3 is 19.5 Å². The average Bonchev–Trinajstić information content (AvgIpc) is 2.95. The predicted octanol–water partition coefficient (Wildman–Crippen LogP) is 2.43. The third-order valence-electron chi connectivity index (χ3n) is 3.87. The average molecular weight is 286 g/mol. The molecule has 0 saturated carbocycles. The van der Waals surface area contributed by atoms with Gasteiger partial charge in [-0.2, -0.15) is 0 Å². The number of ether oxygens (including phenoxy) is 1. The number of benzene rings is 1. The van der Waals surface area contributed by atoms with E-state index in [0.717, 1.165) is 37.8 Å². The van der Waals surface area contributed by atoms with Crippen LogP contribution in [0.3, 0.4) is 0 Å². The molecule has 0 radical (unpaired) electrons. The summed E-state index contributed by atoms with van der Waals surface area (Å²) in [6.07, 6.45) is 3.80. The summed E-state index contributed by atoms with van der Waals surface area (Å²) < 4.78 is 7.43. The summed E-state index contributed by atoms with van der Waals surface area (Å²) in [5, 5.41) is 3.49. The monoisotopic (exact) mass is 286 g/mol. The summed E-state index contributed by atoms with van der Waals surface area (Å²) in [5.41, 5.74) is 2.37. The maximum Gasteiger partial charge on any atom is 0.130 e. The smallest absolute Gasteiger partial charge is 0.130 e. The summed E-state index contributed by atoms with van der Waals surface area (Å²) >= 11 is 0. The number of aromatic nitrogens is 2. The van der Waals surface area contributed by atoms with Gasteiger partial charge in [-0.05, 0) is 31.2 Å². The molecule has 1 aliphatic rings. The maximum absolute atomic E-state index is 5.39. The standard InChI is InChI=1S/C16H22N4O/c1-13(16-17-7-8-19(16)2)18-14-3-5-15(6-4-14)20-9-11-21-12-10-20/h3-8,13,18H,9-12H2,1-2H3. The largest absolute Gasteiger partial charge is 0.378 e. The Morgan fingerprint density at radius 1 is 1.19 bits per heavy atom. The number of rotatable bonds is 4. The predicted molar refractivity (Wildman–Crippen MR) is 84.7 cm³/mol. The molecule has 5 heteroatoms. The number of aryl methyl sites for hydroxylation is 1. The molecule has 112 valence electrons. The van der Waals surface area contributed by atoms with Crippen molar-refractivity contribution in [1.29, 1.82) is 0 Å². The molecule has 0 bridgehead atoms. The van der Waals surface area contributed by atoms with Crippen molar-refractivity contribution in [2.24, 2.45) is 7.05 Å². The van der Waals surface area contributed by atoms with E-state index in [9.17, 15) is 0 Å². The fourth-order valence-electron chi connectivity index (χ4n) is 2.70. The van der Waals surface area contributed by atoms with E-state index >= 15 is 0 Å². The molecule has 1 atom stereocenters. The molecule has 0 aliphatic carbocycles. The lowest BCUT2D eigenvalue weighted by Gasteiger charge is -2.29. The molecule has 5 nitrogen and oxygen atoms in total. The zero-order chi connectivity index (χ0) is 14.7. The summed E-state index contributed by atoms with van der Waals surface area (Å²) in [5.74, 6) is 1.03. The second-order valence-electron chi connectivity index (χ2n) is 5.41. The van der Waals surface area contributed by atoms with E-state index in [-0.39, 0.29) is 6.04 Å². The number of imidazole rings is 1. The first-order valence-electron chi connectivity index (χ1n) is 7.40. The van der Waals surface area contributed by atoms with Gasteiger partial charge in [-0.1, -0.05) is 0 Å². The zero-order valence-electron chi connectivity index (χ0n) is 12.6. The summed E-state index contributed by atoms with van der Waals surface area (Å²) in [6.45, 7) is 5.69. The van der Waals surface area contributed by atoms with E-state index in [2.05, 4.69) is 46.4 Å². The molecule has 21 heavy (non-hydrogen) atoms. The van der Waals surface area contributed by atoms with Crippen LogP contribution in [0.4, 0.5) is 11.4 Å². The number of anilines is 2. The number of morpholine rings is 1. The Hall–Kier alpha value is -2.01. The van der Waals surface area contributed by atoms with Crippen molar-refractivity contribution in [3.63, 3.8) is 0 Å². The van der Waals surface area contributed by atoms with Crippen LogP contribution in [-0.4, -0.2) is 35.9 Å². The Labute approximate surface area is 125 Å². The molecule has 0 amide bonds. The van der Waals surface area contributed by atoms with Crippen LogP contribution < -0.4 is 10.2 Å². The van der Waals surface area contributed by atoms with Gasteiger partial charge in [-0.3, -0.25) is 0 Å². The normalized spacial score (nSPS) is 16.8. The summed E-state index contributed by atoms with van der Waals surface area (Å²) in [7, 11) is 2.02. The van der Waals surface area contributed by atoms with Crippen molar-refractivity contribution in [1.82, 2.24) is 9.55 Å².